The second kappa shape index (κ2) is 7.39. The standard InChI is InChI=1S/C21H21ClN2O4S/c1-24-18-9-8-15(12-16(18)20(21(24)25)13-5-3-4-6-13)29(26,27)23-14-7-10-19(28-2)17(22)11-14/h7-12,23H,3-6H2,1-2H3. The number of benzene rings is 2. The van der Waals surface area contributed by atoms with Gasteiger partial charge >= 0.3 is 0 Å². The van der Waals surface area contributed by atoms with E-state index in [1.165, 1.54) is 19.2 Å². The Morgan fingerprint density at radius 3 is 2.48 bits per heavy atom. The van der Waals surface area contributed by atoms with Crippen LogP contribution in [0.3, 0.4) is 0 Å². The summed E-state index contributed by atoms with van der Waals surface area (Å²) in [6.07, 6.45) is 3.88. The van der Waals surface area contributed by atoms with Gasteiger partial charge in [-0.1, -0.05) is 17.2 Å². The quantitative estimate of drug-likeness (QED) is 0.724. The van der Waals surface area contributed by atoms with Crippen molar-refractivity contribution in [1.29, 1.82) is 0 Å². The molecule has 8 heteroatoms. The molecular formula is C21H21ClN2O4S. The Kier molecular flexibility index (Phi) is 5.04. The second-order valence-corrected chi connectivity index (χ2v) is 9.27. The zero-order chi connectivity index (χ0) is 20.8. The predicted molar refractivity (Wildman–Crippen MR) is 114 cm³/mol. The van der Waals surface area contributed by atoms with E-state index in [4.69, 9.17) is 16.3 Å². The van der Waals surface area contributed by atoms with E-state index in [0.717, 1.165) is 36.9 Å². The van der Waals surface area contributed by atoms with Gasteiger partial charge in [0.1, 0.15) is 5.75 Å². The van der Waals surface area contributed by atoms with Crippen LogP contribution in [0, 0.1) is 0 Å². The number of halogens is 1. The molecule has 1 amide bonds. The van der Waals surface area contributed by atoms with Crippen molar-refractivity contribution in [3.05, 3.63) is 52.6 Å². The summed E-state index contributed by atoms with van der Waals surface area (Å²) in [4.78, 5) is 14.5. The number of rotatable bonds is 4. The normalized spacial score (nSPS) is 16.4. The Labute approximate surface area is 175 Å². The minimum atomic E-state index is -3.86. The molecular weight excluding hydrogens is 412 g/mol. The van der Waals surface area contributed by atoms with Crippen LogP contribution in [-0.4, -0.2) is 28.5 Å². The highest BCUT2D eigenvalue weighted by Gasteiger charge is 2.34. The lowest BCUT2D eigenvalue weighted by Crippen LogP contribution is -2.20. The summed E-state index contributed by atoms with van der Waals surface area (Å²) in [7, 11) is -0.647. The highest BCUT2D eigenvalue weighted by molar-refractivity contribution is 7.92. The van der Waals surface area contributed by atoms with Crippen LogP contribution < -0.4 is 14.4 Å². The number of ether oxygens (including phenoxy) is 1. The Bertz CT molecular complexity index is 1130. The lowest BCUT2D eigenvalue weighted by atomic mass is 10.00. The third kappa shape index (κ3) is 3.49. The van der Waals surface area contributed by atoms with Crippen LogP contribution in [0.1, 0.15) is 31.2 Å². The molecule has 0 saturated heterocycles. The number of methoxy groups -OCH3 is 1. The van der Waals surface area contributed by atoms with Crippen LogP contribution >= 0.6 is 11.6 Å². The van der Waals surface area contributed by atoms with E-state index in [0.29, 0.717) is 27.6 Å². The maximum atomic E-state index is 13.0. The topological polar surface area (TPSA) is 75.7 Å². The first-order valence-electron chi connectivity index (χ1n) is 9.32. The van der Waals surface area contributed by atoms with Crippen molar-refractivity contribution in [2.45, 2.75) is 30.6 Å². The molecule has 2 aliphatic rings. The van der Waals surface area contributed by atoms with Crippen molar-refractivity contribution in [2.75, 3.05) is 23.8 Å². The number of carbonyl (C=O) groups excluding carboxylic acids is 1. The molecule has 0 aromatic heterocycles. The fourth-order valence-corrected chi connectivity index (χ4v) is 5.24. The Morgan fingerprint density at radius 2 is 1.83 bits per heavy atom. The molecule has 1 aliphatic heterocycles. The average molecular weight is 433 g/mol. The molecule has 0 radical (unpaired) electrons. The summed E-state index contributed by atoms with van der Waals surface area (Å²) in [5, 5.41) is 0.308. The van der Waals surface area contributed by atoms with Gasteiger partial charge in [-0.3, -0.25) is 9.52 Å². The van der Waals surface area contributed by atoms with Gasteiger partial charge in [-0.25, -0.2) is 8.42 Å². The Hall–Kier alpha value is -2.51. The van der Waals surface area contributed by atoms with Crippen molar-refractivity contribution >= 4 is 44.5 Å². The van der Waals surface area contributed by atoms with Crippen molar-refractivity contribution in [3.63, 3.8) is 0 Å². The van der Waals surface area contributed by atoms with E-state index in [-0.39, 0.29) is 10.8 Å². The first kappa shape index (κ1) is 19.8. The molecule has 2 aromatic rings. The molecule has 1 heterocycles. The van der Waals surface area contributed by atoms with Crippen LogP contribution in [0.4, 0.5) is 11.4 Å². The molecule has 1 N–H and O–H groups in total. The van der Waals surface area contributed by atoms with E-state index in [1.54, 1.807) is 36.2 Å². The number of hydrogen-bond donors (Lipinski definition) is 1. The van der Waals surface area contributed by atoms with Crippen LogP contribution in [0.2, 0.25) is 5.02 Å². The molecule has 0 bridgehead atoms. The number of nitrogens with one attached hydrogen (secondary N) is 1. The number of fused-ring (bicyclic) bond motifs is 1. The number of carbonyl (C=O) groups is 1. The zero-order valence-corrected chi connectivity index (χ0v) is 17.7. The van der Waals surface area contributed by atoms with E-state index in [2.05, 4.69) is 4.72 Å². The summed E-state index contributed by atoms with van der Waals surface area (Å²) in [6, 6.07) is 9.46. The number of hydrogen-bond acceptors (Lipinski definition) is 4. The summed E-state index contributed by atoms with van der Waals surface area (Å²) in [5.41, 5.74) is 3.52. The molecule has 29 heavy (non-hydrogen) atoms. The third-order valence-corrected chi connectivity index (χ3v) is 7.07. The van der Waals surface area contributed by atoms with Crippen molar-refractivity contribution in [3.8, 4) is 5.75 Å². The number of anilines is 2. The van der Waals surface area contributed by atoms with Gasteiger partial charge in [0.15, 0.2) is 0 Å². The van der Waals surface area contributed by atoms with E-state index < -0.39 is 10.0 Å². The van der Waals surface area contributed by atoms with Crippen molar-refractivity contribution in [1.82, 2.24) is 0 Å². The first-order valence-corrected chi connectivity index (χ1v) is 11.2. The molecule has 2 aromatic carbocycles. The van der Waals surface area contributed by atoms with E-state index in [9.17, 15) is 13.2 Å². The van der Waals surface area contributed by atoms with Gasteiger partial charge in [0.2, 0.25) is 0 Å². The second-order valence-electron chi connectivity index (χ2n) is 7.18. The third-order valence-electron chi connectivity index (χ3n) is 5.39. The molecule has 0 unspecified atom stereocenters. The van der Waals surface area contributed by atoms with Crippen LogP contribution in [-0.2, 0) is 14.8 Å². The van der Waals surface area contributed by atoms with Gasteiger partial charge in [-0.15, -0.1) is 0 Å². The maximum absolute atomic E-state index is 13.0. The highest BCUT2D eigenvalue weighted by atomic mass is 35.5. The largest absolute Gasteiger partial charge is 0.495 e. The molecule has 0 atom stereocenters. The SMILES string of the molecule is COc1ccc(NS(=O)(=O)c2ccc3c(c2)C(=C2CCCC2)C(=O)N3C)cc1Cl. The van der Waals surface area contributed by atoms with Gasteiger partial charge in [0, 0.05) is 18.2 Å². The average Bonchev–Trinajstić information content (AvgIpc) is 3.29. The Morgan fingerprint density at radius 1 is 1.10 bits per heavy atom. The van der Waals surface area contributed by atoms with Gasteiger partial charge < -0.3 is 9.64 Å². The molecule has 4 rings (SSSR count). The maximum Gasteiger partial charge on any atom is 0.261 e. The number of likely N-dealkylation sites (N-methyl/N-ethyl adjacent to an activating group) is 1. The Balaban J connectivity index is 1.72. The predicted octanol–water partition coefficient (Wildman–Crippen LogP) is 4.45. The zero-order valence-electron chi connectivity index (χ0n) is 16.2. The van der Waals surface area contributed by atoms with Gasteiger partial charge in [0.05, 0.1) is 28.4 Å². The molecule has 1 fully saturated rings. The van der Waals surface area contributed by atoms with E-state index >= 15 is 0 Å². The van der Waals surface area contributed by atoms with Crippen LogP contribution in [0.5, 0.6) is 5.75 Å². The van der Waals surface area contributed by atoms with Crippen LogP contribution in [0.15, 0.2) is 46.9 Å². The molecule has 152 valence electrons. The van der Waals surface area contributed by atoms with Crippen molar-refractivity contribution in [2.24, 2.45) is 0 Å². The smallest absolute Gasteiger partial charge is 0.261 e. The molecule has 1 saturated carbocycles. The monoisotopic (exact) mass is 432 g/mol. The van der Waals surface area contributed by atoms with Crippen LogP contribution in [0.25, 0.3) is 5.57 Å². The number of allylic oxidation sites excluding steroid dienone is 1. The first-order chi connectivity index (χ1) is 13.8. The molecule has 6 nitrogen and oxygen atoms in total. The minimum Gasteiger partial charge on any atom is -0.495 e. The number of nitrogens with zero attached hydrogens (tertiary/aromatic N) is 1. The molecule has 0 spiro atoms. The number of sulfonamides is 1. The fourth-order valence-electron chi connectivity index (χ4n) is 3.90. The minimum absolute atomic E-state index is 0.0682. The summed E-state index contributed by atoms with van der Waals surface area (Å²) >= 11 is 6.10. The summed E-state index contributed by atoms with van der Waals surface area (Å²) < 4.78 is 33.6. The van der Waals surface area contributed by atoms with Gasteiger partial charge in [-0.2, -0.15) is 0 Å². The van der Waals surface area contributed by atoms with Gasteiger partial charge in [-0.05, 0) is 62.1 Å². The molecule has 1 aliphatic carbocycles. The highest BCUT2D eigenvalue weighted by Crippen LogP contribution is 2.42. The lowest BCUT2D eigenvalue weighted by molar-refractivity contribution is -0.112. The summed E-state index contributed by atoms with van der Waals surface area (Å²) in [5.74, 6) is 0.392. The summed E-state index contributed by atoms with van der Waals surface area (Å²) in [6.45, 7) is 0. The fraction of sp³-hybridized carbons (Fsp3) is 0.286. The number of amides is 1. The lowest BCUT2D eigenvalue weighted by Gasteiger charge is -2.12. The van der Waals surface area contributed by atoms with Gasteiger partial charge in [0.25, 0.3) is 15.9 Å². The van der Waals surface area contributed by atoms with Crippen molar-refractivity contribution < 1.29 is 17.9 Å². The van der Waals surface area contributed by atoms with E-state index in [1.807, 2.05) is 0 Å².